The molecule has 2 aromatic rings. The molecular weight excluding hydrogens is 356 g/mol. The van der Waals surface area contributed by atoms with Gasteiger partial charge in [0.25, 0.3) is 0 Å². The number of methoxy groups -OCH3 is 1. The van der Waals surface area contributed by atoms with Gasteiger partial charge in [0.1, 0.15) is 0 Å². The third kappa shape index (κ3) is 4.37. The SMILES string of the molecule is COC(=O)[C@@H](OC(=O)c1nn(CC2CCCCC2)c2ccccc12)C(C)(C)C. The van der Waals surface area contributed by atoms with Crippen molar-refractivity contribution in [2.75, 3.05) is 7.11 Å². The molecule has 0 unspecified atom stereocenters. The highest BCUT2D eigenvalue weighted by Gasteiger charge is 2.37. The number of aromatic nitrogens is 2. The summed E-state index contributed by atoms with van der Waals surface area (Å²) in [6, 6.07) is 7.68. The highest BCUT2D eigenvalue weighted by molar-refractivity contribution is 6.02. The van der Waals surface area contributed by atoms with Crippen LogP contribution in [-0.2, 0) is 20.8 Å². The third-order valence-corrected chi connectivity index (χ3v) is 5.43. The molecule has 28 heavy (non-hydrogen) atoms. The maximum atomic E-state index is 12.9. The maximum absolute atomic E-state index is 12.9. The molecule has 1 heterocycles. The summed E-state index contributed by atoms with van der Waals surface area (Å²) in [6.07, 6.45) is 5.21. The summed E-state index contributed by atoms with van der Waals surface area (Å²) in [6.45, 7) is 6.30. The highest BCUT2D eigenvalue weighted by Crippen LogP contribution is 2.29. The largest absolute Gasteiger partial charge is 0.466 e. The fourth-order valence-electron chi connectivity index (χ4n) is 3.88. The van der Waals surface area contributed by atoms with Crippen molar-refractivity contribution < 1.29 is 19.1 Å². The number of carbonyl (C=O) groups is 2. The molecule has 1 aliphatic rings. The first-order chi connectivity index (χ1) is 13.3. The molecule has 152 valence electrons. The van der Waals surface area contributed by atoms with Crippen LogP contribution < -0.4 is 0 Å². The summed E-state index contributed by atoms with van der Waals surface area (Å²) in [7, 11) is 1.29. The quantitative estimate of drug-likeness (QED) is 0.714. The van der Waals surface area contributed by atoms with E-state index < -0.39 is 23.5 Å². The summed E-state index contributed by atoms with van der Waals surface area (Å²) in [4.78, 5) is 25.1. The van der Waals surface area contributed by atoms with E-state index >= 15 is 0 Å². The summed E-state index contributed by atoms with van der Waals surface area (Å²) in [5.74, 6) is -0.575. The van der Waals surface area contributed by atoms with E-state index in [2.05, 4.69) is 5.10 Å². The maximum Gasteiger partial charge on any atom is 0.360 e. The number of carbonyl (C=O) groups excluding carboxylic acids is 2. The monoisotopic (exact) mass is 386 g/mol. The van der Waals surface area contributed by atoms with Gasteiger partial charge in [-0.25, -0.2) is 9.59 Å². The number of esters is 2. The molecule has 6 heteroatoms. The van der Waals surface area contributed by atoms with Crippen LogP contribution in [0.15, 0.2) is 24.3 Å². The molecule has 0 bridgehead atoms. The van der Waals surface area contributed by atoms with Crippen LogP contribution in [0.4, 0.5) is 0 Å². The smallest absolute Gasteiger partial charge is 0.360 e. The molecule has 0 amide bonds. The molecule has 0 spiro atoms. The summed E-state index contributed by atoms with van der Waals surface area (Å²) in [5, 5.41) is 5.34. The standard InChI is InChI=1S/C22H30N2O4/c1-22(2,3)19(21(26)27-4)28-20(25)18-16-12-8-9-13-17(16)24(23-18)14-15-10-6-5-7-11-15/h8-9,12-13,15,19H,5-7,10-11,14H2,1-4H3/t19-/m1/s1. The first-order valence-electron chi connectivity index (χ1n) is 10.1. The van der Waals surface area contributed by atoms with Crippen molar-refractivity contribution in [1.82, 2.24) is 9.78 Å². The van der Waals surface area contributed by atoms with Gasteiger partial charge in [0.15, 0.2) is 5.69 Å². The molecule has 1 atom stereocenters. The third-order valence-electron chi connectivity index (χ3n) is 5.43. The molecule has 0 radical (unpaired) electrons. The van der Waals surface area contributed by atoms with E-state index in [0.717, 1.165) is 17.4 Å². The molecule has 1 saturated carbocycles. The van der Waals surface area contributed by atoms with Crippen molar-refractivity contribution in [3.05, 3.63) is 30.0 Å². The lowest BCUT2D eigenvalue weighted by Crippen LogP contribution is -2.39. The van der Waals surface area contributed by atoms with E-state index in [1.165, 1.54) is 39.2 Å². The number of fused-ring (bicyclic) bond motifs is 1. The Balaban J connectivity index is 1.89. The number of hydrogen-bond acceptors (Lipinski definition) is 5. The lowest BCUT2D eigenvalue weighted by molar-refractivity contribution is -0.156. The van der Waals surface area contributed by atoms with Gasteiger partial charge in [0.2, 0.25) is 6.10 Å². The Morgan fingerprint density at radius 2 is 1.86 bits per heavy atom. The van der Waals surface area contributed by atoms with Crippen LogP contribution in [0, 0.1) is 11.3 Å². The second-order valence-corrected chi connectivity index (χ2v) is 8.73. The van der Waals surface area contributed by atoms with Crippen LogP contribution >= 0.6 is 0 Å². The Morgan fingerprint density at radius 3 is 2.50 bits per heavy atom. The van der Waals surface area contributed by atoms with E-state index in [0.29, 0.717) is 5.92 Å². The van der Waals surface area contributed by atoms with E-state index in [9.17, 15) is 9.59 Å². The van der Waals surface area contributed by atoms with Crippen LogP contribution in [0.2, 0.25) is 0 Å². The number of hydrogen-bond donors (Lipinski definition) is 0. The molecule has 3 rings (SSSR count). The normalized spacial score (nSPS) is 16.7. The second kappa shape index (κ2) is 8.33. The number of para-hydroxylation sites is 1. The topological polar surface area (TPSA) is 70.4 Å². The molecule has 1 aliphatic carbocycles. The molecule has 1 aromatic carbocycles. The van der Waals surface area contributed by atoms with Crippen molar-refractivity contribution in [1.29, 1.82) is 0 Å². The molecule has 0 N–H and O–H groups in total. The first kappa shape index (κ1) is 20.4. The lowest BCUT2D eigenvalue weighted by atomic mass is 9.89. The minimum absolute atomic E-state index is 0.254. The number of ether oxygens (including phenoxy) is 2. The number of rotatable bonds is 5. The zero-order valence-electron chi connectivity index (χ0n) is 17.2. The van der Waals surface area contributed by atoms with Crippen molar-refractivity contribution in [3.8, 4) is 0 Å². The van der Waals surface area contributed by atoms with E-state index in [1.807, 2.05) is 49.7 Å². The zero-order valence-corrected chi connectivity index (χ0v) is 17.2. The Kier molecular flexibility index (Phi) is 6.06. The Hall–Kier alpha value is -2.37. The van der Waals surface area contributed by atoms with Crippen molar-refractivity contribution in [2.45, 2.75) is 65.5 Å². The van der Waals surface area contributed by atoms with Crippen molar-refractivity contribution >= 4 is 22.8 Å². The fraction of sp³-hybridized carbons (Fsp3) is 0.591. The van der Waals surface area contributed by atoms with Gasteiger partial charge in [0, 0.05) is 17.3 Å². The summed E-state index contributed by atoms with van der Waals surface area (Å²) >= 11 is 0. The average molecular weight is 386 g/mol. The zero-order chi connectivity index (χ0) is 20.3. The van der Waals surface area contributed by atoms with Crippen LogP contribution in [-0.4, -0.2) is 34.9 Å². The van der Waals surface area contributed by atoms with Gasteiger partial charge in [0.05, 0.1) is 12.6 Å². The van der Waals surface area contributed by atoms with Gasteiger partial charge in [-0.1, -0.05) is 58.2 Å². The Morgan fingerprint density at radius 1 is 1.18 bits per heavy atom. The Bertz CT molecular complexity index is 844. The minimum Gasteiger partial charge on any atom is -0.466 e. The fourth-order valence-corrected chi connectivity index (χ4v) is 3.88. The molecule has 0 saturated heterocycles. The number of benzene rings is 1. The van der Waals surface area contributed by atoms with E-state index in [4.69, 9.17) is 9.47 Å². The first-order valence-corrected chi connectivity index (χ1v) is 10.1. The van der Waals surface area contributed by atoms with Gasteiger partial charge in [-0.2, -0.15) is 5.10 Å². The second-order valence-electron chi connectivity index (χ2n) is 8.73. The van der Waals surface area contributed by atoms with Gasteiger partial charge >= 0.3 is 11.9 Å². The Labute approximate surface area is 166 Å². The van der Waals surface area contributed by atoms with Crippen LogP contribution in [0.3, 0.4) is 0 Å². The average Bonchev–Trinajstić information content (AvgIpc) is 3.04. The predicted molar refractivity (Wildman–Crippen MR) is 107 cm³/mol. The van der Waals surface area contributed by atoms with Crippen LogP contribution in [0.25, 0.3) is 10.9 Å². The summed E-state index contributed by atoms with van der Waals surface area (Å²) in [5.41, 5.74) is 0.596. The predicted octanol–water partition coefficient (Wildman–Crippen LogP) is 4.36. The van der Waals surface area contributed by atoms with Gasteiger partial charge in [-0.05, 0) is 24.8 Å². The molecular formula is C22H30N2O4. The van der Waals surface area contributed by atoms with E-state index in [1.54, 1.807) is 0 Å². The van der Waals surface area contributed by atoms with Crippen LogP contribution in [0.5, 0.6) is 0 Å². The lowest BCUT2D eigenvalue weighted by Gasteiger charge is -2.27. The van der Waals surface area contributed by atoms with Crippen molar-refractivity contribution in [3.63, 3.8) is 0 Å². The van der Waals surface area contributed by atoms with Gasteiger partial charge in [-0.3, -0.25) is 4.68 Å². The van der Waals surface area contributed by atoms with Gasteiger partial charge < -0.3 is 9.47 Å². The van der Waals surface area contributed by atoms with Gasteiger partial charge in [-0.15, -0.1) is 0 Å². The van der Waals surface area contributed by atoms with Crippen LogP contribution in [0.1, 0.15) is 63.4 Å². The highest BCUT2D eigenvalue weighted by atomic mass is 16.6. The minimum atomic E-state index is -0.993. The van der Waals surface area contributed by atoms with E-state index in [-0.39, 0.29) is 5.69 Å². The van der Waals surface area contributed by atoms with Crippen molar-refractivity contribution in [2.24, 2.45) is 11.3 Å². The molecule has 1 fully saturated rings. The molecule has 1 aromatic heterocycles. The molecule has 0 aliphatic heterocycles. The summed E-state index contributed by atoms with van der Waals surface area (Å²) < 4.78 is 12.3. The molecule has 6 nitrogen and oxygen atoms in total. The number of nitrogens with zero attached hydrogens (tertiary/aromatic N) is 2.